The first-order valence-electron chi connectivity index (χ1n) is 8.89. The molecule has 0 bridgehead atoms. The maximum absolute atomic E-state index is 12.4. The van der Waals surface area contributed by atoms with Crippen molar-refractivity contribution in [1.82, 2.24) is 9.78 Å². The highest BCUT2D eigenvalue weighted by Gasteiger charge is 2.11. The normalized spacial score (nSPS) is 10.9. The molecule has 4 aromatic rings. The Morgan fingerprint density at radius 1 is 0.867 bits per heavy atom. The van der Waals surface area contributed by atoms with E-state index >= 15 is 0 Å². The number of hydrogen-bond acceptors (Lipinski definition) is 2. The van der Waals surface area contributed by atoms with Crippen LogP contribution in [0.15, 0.2) is 65.5 Å². The van der Waals surface area contributed by atoms with E-state index in [0.29, 0.717) is 43.9 Å². The third kappa shape index (κ3) is 4.46. The number of amides is 2. The van der Waals surface area contributed by atoms with Gasteiger partial charge in [0.15, 0.2) is 0 Å². The predicted molar refractivity (Wildman–Crippen MR) is 122 cm³/mol. The molecule has 0 aliphatic rings. The standard InChI is InChI=1S/C21H15Cl3N4O2/c22-13-3-5-15(6-4-13)25-21(30)26-16-7-8-19-17(10-16)20(29)27-28(19)11-12-1-2-14(23)9-18(12)24/h1-10H,11H2,(H,27,29)(H2,25,26,30). The molecule has 2 amide bonds. The van der Waals surface area contributed by atoms with Gasteiger partial charge in [0.25, 0.3) is 5.56 Å². The largest absolute Gasteiger partial charge is 0.323 e. The number of nitrogens with one attached hydrogen (secondary N) is 3. The molecule has 3 N–H and O–H groups in total. The quantitative estimate of drug-likeness (QED) is 0.349. The summed E-state index contributed by atoms with van der Waals surface area (Å²) >= 11 is 18.0. The SMILES string of the molecule is O=C(Nc1ccc(Cl)cc1)Nc1ccc2c(c1)c(=O)[nH]n2Cc1ccc(Cl)cc1Cl. The van der Waals surface area contributed by atoms with Crippen LogP contribution in [-0.2, 0) is 6.54 Å². The number of H-pyrrole nitrogens is 1. The molecular formula is C21H15Cl3N4O2. The number of carbonyl (C=O) groups excluding carboxylic acids is 1. The average Bonchev–Trinajstić information content (AvgIpc) is 3.01. The van der Waals surface area contributed by atoms with Crippen LogP contribution >= 0.6 is 34.8 Å². The summed E-state index contributed by atoms with van der Waals surface area (Å²) in [5, 5.41) is 10.3. The van der Waals surface area contributed by atoms with E-state index in [1.807, 2.05) is 6.07 Å². The fraction of sp³-hybridized carbons (Fsp3) is 0.0476. The van der Waals surface area contributed by atoms with Crippen LogP contribution in [0.3, 0.4) is 0 Å². The molecular weight excluding hydrogens is 447 g/mol. The van der Waals surface area contributed by atoms with Crippen molar-refractivity contribution in [2.24, 2.45) is 0 Å². The van der Waals surface area contributed by atoms with E-state index in [4.69, 9.17) is 34.8 Å². The van der Waals surface area contributed by atoms with Gasteiger partial charge in [-0.25, -0.2) is 4.79 Å². The van der Waals surface area contributed by atoms with E-state index in [1.54, 1.807) is 59.3 Å². The van der Waals surface area contributed by atoms with E-state index in [2.05, 4.69) is 15.7 Å². The minimum Gasteiger partial charge on any atom is -0.308 e. The minimum atomic E-state index is -0.430. The van der Waals surface area contributed by atoms with Crippen LogP contribution in [0.2, 0.25) is 15.1 Å². The summed E-state index contributed by atoms with van der Waals surface area (Å²) in [6.07, 6.45) is 0. The summed E-state index contributed by atoms with van der Waals surface area (Å²) in [5.74, 6) is 0. The number of aromatic amines is 1. The topological polar surface area (TPSA) is 78.9 Å². The molecule has 1 aromatic heterocycles. The molecule has 0 spiro atoms. The molecule has 0 radical (unpaired) electrons. The van der Waals surface area contributed by atoms with Crippen molar-refractivity contribution < 1.29 is 4.79 Å². The molecule has 30 heavy (non-hydrogen) atoms. The average molecular weight is 462 g/mol. The number of fused-ring (bicyclic) bond motifs is 1. The second-order valence-electron chi connectivity index (χ2n) is 6.58. The van der Waals surface area contributed by atoms with Gasteiger partial charge < -0.3 is 10.6 Å². The van der Waals surface area contributed by atoms with E-state index in [9.17, 15) is 9.59 Å². The summed E-state index contributed by atoms with van der Waals surface area (Å²) in [7, 11) is 0. The van der Waals surface area contributed by atoms with E-state index in [-0.39, 0.29) is 5.56 Å². The first-order chi connectivity index (χ1) is 14.4. The van der Waals surface area contributed by atoms with Crippen molar-refractivity contribution in [3.05, 3.63) is 91.6 Å². The lowest BCUT2D eigenvalue weighted by Gasteiger charge is -2.09. The van der Waals surface area contributed by atoms with E-state index < -0.39 is 6.03 Å². The molecule has 0 atom stereocenters. The summed E-state index contributed by atoms with van der Waals surface area (Å²) in [6.45, 7) is 0.374. The Morgan fingerprint density at radius 3 is 2.27 bits per heavy atom. The smallest absolute Gasteiger partial charge is 0.308 e. The summed E-state index contributed by atoms with van der Waals surface area (Å²) in [4.78, 5) is 24.6. The summed E-state index contributed by atoms with van der Waals surface area (Å²) < 4.78 is 1.70. The van der Waals surface area contributed by atoms with E-state index in [1.165, 1.54) is 0 Å². The molecule has 6 nitrogen and oxygen atoms in total. The molecule has 0 unspecified atom stereocenters. The number of benzene rings is 3. The van der Waals surface area contributed by atoms with Gasteiger partial charge in [0.05, 0.1) is 17.4 Å². The number of nitrogens with zero attached hydrogens (tertiary/aromatic N) is 1. The summed E-state index contributed by atoms with van der Waals surface area (Å²) in [6, 6.07) is 16.6. The van der Waals surface area contributed by atoms with Crippen molar-refractivity contribution in [2.75, 3.05) is 10.6 Å². The molecule has 1 heterocycles. The molecule has 0 saturated carbocycles. The number of aromatic nitrogens is 2. The molecule has 0 aliphatic heterocycles. The van der Waals surface area contributed by atoms with Gasteiger partial charge in [-0.3, -0.25) is 14.6 Å². The number of urea groups is 1. The van der Waals surface area contributed by atoms with Crippen molar-refractivity contribution in [3.8, 4) is 0 Å². The zero-order valence-corrected chi connectivity index (χ0v) is 17.6. The van der Waals surface area contributed by atoms with Crippen molar-refractivity contribution >= 4 is 63.1 Å². The van der Waals surface area contributed by atoms with Crippen LogP contribution < -0.4 is 16.2 Å². The zero-order valence-electron chi connectivity index (χ0n) is 15.4. The molecule has 0 saturated heterocycles. The van der Waals surface area contributed by atoms with Crippen LogP contribution in [-0.4, -0.2) is 15.8 Å². The van der Waals surface area contributed by atoms with Gasteiger partial charge in [-0.15, -0.1) is 0 Å². The predicted octanol–water partition coefficient (Wildman–Crippen LogP) is 5.98. The number of rotatable bonds is 4. The monoisotopic (exact) mass is 460 g/mol. The second-order valence-corrected chi connectivity index (χ2v) is 7.86. The number of halogens is 3. The highest BCUT2D eigenvalue weighted by molar-refractivity contribution is 6.35. The molecule has 0 fully saturated rings. The van der Waals surface area contributed by atoms with Crippen LogP contribution in [0, 0.1) is 0 Å². The van der Waals surface area contributed by atoms with Gasteiger partial charge >= 0.3 is 6.03 Å². The number of anilines is 2. The Hall–Kier alpha value is -2.93. The maximum atomic E-state index is 12.4. The lowest BCUT2D eigenvalue weighted by molar-refractivity contribution is 0.262. The Bertz CT molecular complexity index is 1300. The molecule has 152 valence electrons. The third-order valence-electron chi connectivity index (χ3n) is 4.47. The van der Waals surface area contributed by atoms with E-state index in [0.717, 1.165) is 5.56 Å². The van der Waals surface area contributed by atoms with Crippen molar-refractivity contribution in [1.29, 1.82) is 0 Å². The molecule has 4 rings (SSSR count). The van der Waals surface area contributed by atoms with Crippen LogP contribution in [0.5, 0.6) is 0 Å². The zero-order chi connectivity index (χ0) is 21.3. The van der Waals surface area contributed by atoms with Gasteiger partial charge in [-0.05, 0) is 60.2 Å². The minimum absolute atomic E-state index is 0.267. The van der Waals surface area contributed by atoms with Crippen LogP contribution in [0.25, 0.3) is 10.9 Å². The lowest BCUT2D eigenvalue weighted by Crippen LogP contribution is -2.19. The first kappa shape index (κ1) is 20.3. The highest BCUT2D eigenvalue weighted by atomic mass is 35.5. The fourth-order valence-electron chi connectivity index (χ4n) is 3.05. The Morgan fingerprint density at radius 2 is 1.53 bits per heavy atom. The highest BCUT2D eigenvalue weighted by Crippen LogP contribution is 2.23. The second kappa shape index (κ2) is 8.44. The lowest BCUT2D eigenvalue weighted by atomic mass is 10.2. The number of hydrogen-bond donors (Lipinski definition) is 3. The van der Waals surface area contributed by atoms with Gasteiger partial charge in [0, 0.05) is 26.4 Å². The van der Waals surface area contributed by atoms with Crippen LogP contribution in [0.4, 0.5) is 16.2 Å². The molecule has 0 aliphatic carbocycles. The Kier molecular flexibility index (Phi) is 5.72. The van der Waals surface area contributed by atoms with Gasteiger partial charge in [0.1, 0.15) is 0 Å². The molecule has 9 heteroatoms. The third-order valence-corrected chi connectivity index (χ3v) is 5.31. The molecule has 3 aromatic carbocycles. The van der Waals surface area contributed by atoms with Crippen LogP contribution in [0.1, 0.15) is 5.56 Å². The summed E-state index contributed by atoms with van der Waals surface area (Å²) in [5.41, 5.74) is 2.33. The van der Waals surface area contributed by atoms with Gasteiger partial charge in [-0.1, -0.05) is 40.9 Å². The Balaban J connectivity index is 1.54. The van der Waals surface area contributed by atoms with Crippen molar-refractivity contribution in [3.63, 3.8) is 0 Å². The maximum Gasteiger partial charge on any atom is 0.323 e. The number of carbonyl (C=O) groups is 1. The Labute approximate surface area is 186 Å². The fourth-order valence-corrected chi connectivity index (χ4v) is 3.64. The van der Waals surface area contributed by atoms with Crippen molar-refractivity contribution in [2.45, 2.75) is 6.54 Å². The first-order valence-corrected chi connectivity index (χ1v) is 10.0. The van der Waals surface area contributed by atoms with Gasteiger partial charge in [0.2, 0.25) is 0 Å². The van der Waals surface area contributed by atoms with Gasteiger partial charge in [-0.2, -0.15) is 0 Å².